The number of hydrogen-bond acceptors (Lipinski definition) is 3. The Balaban J connectivity index is 1.71. The summed E-state index contributed by atoms with van der Waals surface area (Å²) in [5, 5.41) is 7.96. The average molecular weight is 412 g/mol. The molecule has 1 aliphatic rings. The van der Waals surface area contributed by atoms with E-state index in [9.17, 15) is 14.4 Å². The molecule has 0 aliphatic carbocycles. The molecule has 5 N–H and O–H groups in total. The third-order valence-electron chi connectivity index (χ3n) is 5.45. The van der Waals surface area contributed by atoms with Crippen LogP contribution in [0, 0.1) is 5.92 Å². The van der Waals surface area contributed by atoms with Gasteiger partial charge in [0.15, 0.2) is 6.54 Å². The number of anilines is 1. The number of carbonyl (C=O) groups excluding carboxylic acids is 3. The van der Waals surface area contributed by atoms with Gasteiger partial charge in [-0.3, -0.25) is 14.4 Å². The smallest absolute Gasteiger partial charge is 0.278 e. The van der Waals surface area contributed by atoms with Crippen molar-refractivity contribution < 1.29 is 20.1 Å². The van der Waals surface area contributed by atoms with Gasteiger partial charge in [-0.2, -0.15) is 0 Å². The molecule has 2 aromatic rings. The van der Waals surface area contributed by atoms with Gasteiger partial charge in [0.25, 0.3) is 5.91 Å². The highest BCUT2D eigenvalue weighted by atomic mass is 16.2. The summed E-state index contributed by atoms with van der Waals surface area (Å²) < 4.78 is 0. The van der Waals surface area contributed by atoms with E-state index < -0.39 is 12.1 Å². The lowest BCUT2D eigenvalue weighted by Crippen LogP contribution is -2.60. The highest BCUT2D eigenvalue weighted by Crippen LogP contribution is 2.20. The minimum absolute atomic E-state index is 0.127. The van der Waals surface area contributed by atoms with E-state index in [4.69, 9.17) is 0 Å². The highest BCUT2D eigenvalue weighted by Gasteiger charge is 2.36. The lowest BCUT2D eigenvalue weighted by Gasteiger charge is -2.26. The van der Waals surface area contributed by atoms with Crippen LogP contribution < -0.4 is 16.4 Å². The first-order valence-corrected chi connectivity index (χ1v) is 10.6. The SMILES string of the molecule is CC(C)CC(NC(=O)C1CCCN1C(=O)C[NH3+])C(=O)Nc1ccc2ccccc2c1. The second-order valence-electron chi connectivity index (χ2n) is 8.24. The van der Waals surface area contributed by atoms with Gasteiger partial charge < -0.3 is 21.3 Å². The minimum Gasteiger partial charge on any atom is -0.350 e. The molecule has 1 saturated heterocycles. The normalized spacial score (nSPS) is 17.2. The summed E-state index contributed by atoms with van der Waals surface area (Å²) in [4.78, 5) is 39.5. The van der Waals surface area contributed by atoms with Gasteiger partial charge in [-0.05, 0) is 48.1 Å². The van der Waals surface area contributed by atoms with Crippen molar-refractivity contribution in [1.82, 2.24) is 10.2 Å². The largest absolute Gasteiger partial charge is 0.350 e. The van der Waals surface area contributed by atoms with Crippen LogP contribution in [0.5, 0.6) is 0 Å². The van der Waals surface area contributed by atoms with E-state index in [-0.39, 0.29) is 30.2 Å². The number of nitrogens with one attached hydrogen (secondary N) is 2. The molecule has 2 aromatic carbocycles. The maximum atomic E-state index is 13.0. The summed E-state index contributed by atoms with van der Waals surface area (Å²) in [5.41, 5.74) is 4.33. The molecule has 0 radical (unpaired) electrons. The molecular formula is C23H31N4O3+. The van der Waals surface area contributed by atoms with Gasteiger partial charge in [0, 0.05) is 12.2 Å². The zero-order valence-corrected chi connectivity index (χ0v) is 17.7. The van der Waals surface area contributed by atoms with Crippen LogP contribution in [0.3, 0.4) is 0 Å². The van der Waals surface area contributed by atoms with Crippen molar-refractivity contribution in [3.05, 3.63) is 42.5 Å². The van der Waals surface area contributed by atoms with E-state index in [0.29, 0.717) is 25.1 Å². The molecule has 1 heterocycles. The van der Waals surface area contributed by atoms with E-state index in [1.165, 1.54) is 0 Å². The van der Waals surface area contributed by atoms with Crippen LogP contribution in [-0.4, -0.2) is 47.8 Å². The van der Waals surface area contributed by atoms with Crippen LogP contribution in [-0.2, 0) is 14.4 Å². The molecule has 160 valence electrons. The summed E-state index contributed by atoms with van der Waals surface area (Å²) in [6, 6.07) is 12.5. The summed E-state index contributed by atoms with van der Waals surface area (Å²) in [6.07, 6.45) is 1.90. The molecule has 30 heavy (non-hydrogen) atoms. The quantitative estimate of drug-likeness (QED) is 0.643. The van der Waals surface area contributed by atoms with Gasteiger partial charge in [-0.1, -0.05) is 44.2 Å². The molecule has 2 unspecified atom stereocenters. The number of fused-ring (bicyclic) bond motifs is 1. The molecule has 1 aliphatic heterocycles. The summed E-state index contributed by atoms with van der Waals surface area (Å²) >= 11 is 0. The number of likely N-dealkylation sites (tertiary alicyclic amines) is 1. The number of hydrogen-bond donors (Lipinski definition) is 3. The molecule has 3 amide bonds. The van der Waals surface area contributed by atoms with Gasteiger partial charge in [0.05, 0.1) is 0 Å². The standard InChI is InChI=1S/C23H30N4O3/c1-15(2)12-19(26-23(30)20-8-5-11-27(20)21(28)14-24)22(29)25-18-10-9-16-6-3-4-7-17(16)13-18/h3-4,6-7,9-10,13,15,19-20H,5,8,11-12,14,24H2,1-2H3,(H,25,29)(H,26,30)/p+1. The zero-order valence-electron chi connectivity index (χ0n) is 17.7. The Morgan fingerprint density at radius 3 is 2.57 bits per heavy atom. The second kappa shape index (κ2) is 9.71. The van der Waals surface area contributed by atoms with Gasteiger partial charge in [-0.25, -0.2) is 0 Å². The van der Waals surface area contributed by atoms with Crippen molar-refractivity contribution in [1.29, 1.82) is 0 Å². The molecule has 7 nitrogen and oxygen atoms in total. The number of quaternary nitrogens is 1. The van der Waals surface area contributed by atoms with Crippen molar-refractivity contribution in [3.8, 4) is 0 Å². The van der Waals surface area contributed by atoms with E-state index >= 15 is 0 Å². The molecule has 0 spiro atoms. The Kier molecular flexibility index (Phi) is 7.05. The van der Waals surface area contributed by atoms with Crippen molar-refractivity contribution in [3.63, 3.8) is 0 Å². The number of rotatable bonds is 7. The van der Waals surface area contributed by atoms with Crippen LogP contribution in [0.1, 0.15) is 33.1 Å². The third-order valence-corrected chi connectivity index (χ3v) is 5.45. The van der Waals surface area contributed by atoms with Crippen molar-refractivity contribution in [2.45, 2.75) is 45.2 Å². The number of nitrogens with zero attached hydrogens (tertiary/aromatic N) is 1. The predicted octanol–water partition coefficient (Wildman–Crippen LogP) is 1.54. The summed E-state index contributed by atoms with van der Waals surface area (Å²) in [5.74, 6) is -0.429. The molecule has 7 heteroatoms. The first kappa shape index (κ1) is 21.8. The maximum Gasteiger partial charge on any atom is 0.278 e. The fourth-order valence-electron chi connectivity index (χ4n) is 3.95. The monoisotopic (exact) mass is 411 g/mol. The fourth-order valence-corrected chi connectivity index (χ4v) is 3.95. The molecular weight excluding hydrogens is 380 g/mol. The Morgan fingerprint density at radius 2 is 1.87 bits per heavy atom. The Bertz CT molecular complexity index is 928. The topological polar surface area (TPSA) is 106 Å². The van der Waals surface area contributed by atoms with E-state index in [0.717, 1.165) is 17.2 Å². The predicted molar refractivity (Wildman–Crippen MR) is 116 cm³/mol. The van der Waals surface area contributed by atoms with E-state index in [1.54, 1.807) is 4.90 Å². The first-order valence-electron chi connectivity index (χ1n) is 10.6. The average Bonchev–Trinajstić information content (AvgIpc) is 3.22. The fraction of sp³-hybridized carbons (Fsp3) is 0.435. The lowest BCUT2D eigenvalue weighted by molar-refractivity contribution is -0.357. The van der Waals surface area contributed by atoms with Crippen LogP contribution in [0.4, 0.5) is 5.69 Å². The van der Waals surface area contributed by atoms with Crippen LogP contribution in [0.25, 0.3) is 10.8 Å². The van der Waals surface area contributed by atoms with E-state index in [1.807, 2.05) is 56.3 Å². The van der Waals surface area contributed by atoms with Gasteiger partial charge in [0.1, 0.15) is 12.1 Å². The third kappa shape index (κ3) is 5.16. The Morgan fingerprint density at radius 1 is 1.13 bits per heavy atom. The molecule has 0 aromatic heterocycles. The molecule has 2 atom stereocenters. The van der Waals surface area contributed by atoms with Crippen LogP contribution >= 0.6 is 0 Å². The second-order valence-corrected chi connectivity index (χ2v) is 8.24. The zero-order chi connectivity index (χ0) is 21.7. The maximum absolute atomic E-state index is 13.0. The summed E-state index contributed by atoms with van der Waals surface area (Å²) in [7, 11) is 0. The first-order chi connectivity index (χ1) is 14.4. The summed E-state index contributed by atoms with van der Waals surface area (Å²) in [6.45, 7) is 4.71. The molecule has 0 saturated carbocycles. The minimum atomic E-state index is -0.665. The highest BCUT2D eigenvalue weighted by molar-refractivity contribution is 6.00. The van der Waals surface area contributed by atoms with E-state index in [2.05, 4.69) is 16.4 Å². The van der Waals surface area contributed by atoms with Crippen molar-refractivity contribution >= 4 is 34.2 Å². The lowest BCUT2D eigenvalue weighted by atomic mass is 10.0. The van der Waals surface area contributed by atoms with Crippen molar-refractivity contribution in [2.24, 2.45) is 5.92 Å². The van der Waals surface area contributed by atoms with Crippen LogP contribution in [0.15, 0.2) is 42.5 Å². The van der Waals surface area contributed by atoms with Crippen LogP contribution in [0.2, 0.25) is 0 Å². The van der Waals surface area contributed by atoms with Gasteiger partial charge in [0.2, 0.25) is 11.8 Å². The number of carbonyl (C=O) groups is 3. The number of amides is 3. The van der Waals surface area contributed by atoms with Gasteiger partial charge >= 0.3 is 0 Å². The van der Waals surface area contributed by atoms with Gasteiger partial charge in [-0.15, -0.1) is 0 Å². The Labute approximate surface area is 177 Å². The molecule has 0 bridgehead atoms. The molecule has 3 rings (SSSR count). The van der Waals surface area contributed by atoms with Crippen molar-refractivity contribution in [2.75, 3.05) is 18.4 Å². The Hall–Kier alpha value is -2.93. The molecule has 1 fully saturated rings. The number of benzene rings is 2.